The molecule has 0 bridgehead atoms. The van der Waals surface area contributed by atoms with Crippen LogP contribution in [0, 0.1) is 11.8 Å². The first-order valence-corrected chi connectivity index (χ1v) is 12.1. The van der Waals surface area contributed by atoms with Gasteiger partial charge in [0, 0.05) is 19.5 Å². The van der Waals surface area contributed by atoms with Gasteiger partial charge in [0.05, 0.1) is 13.2 Å². The van der Waals surface area contributed by atoms with Crippen LogP contribution in [0.15, 0.2) is 36.1 Å². The van der Waals surface area contributed by atoms with Crippen LogP contribution in [-0.2, 0) is 27.5 Å². The maximum atomic E-state index is 13.3. The Labute approximate surface area is 186 Å². The molecule has 3 aliphatic rings. The number of allylic oxidation sites excluding steroid dienone is 1. The zero-order valence-electron chi connectivity index (χ0n) is 18.8. The summed E-state index contributed by atoms with van der Waals surface area (Å²) in [4.78, 5) is 15.2. The molecule has 1 amide bonds. The summed E-state index contributed by atoms with van der Waals surface area (Å²) in [6, 6.07) is 8.09. The number of ether oxygens (including phenoxy) is 2. The lowest BCUT2D eigenvalue weighted by atomic mass is 9.86. The molecule has 0 radical (unpaired) electrons. The summed E-state index contributed by atoms with van der Waals surface area (Å²) in [6.07, 6.45) is 13.4. The number of hydrogen-bond donors (Lipinski definition) is 1. The van der Waals surface area contributed by atoms with Gasteiger partial charge in [0.25, 0.3) is 5.91 Å². The van der Waals surface area contributed by atoms with E-state index in [1.807, 2.05) is 36.2 Å². The van der Waals surface area contributed by atoms with Gasteiger partial charge in [-0.3, -0.25) is 4.79 Å². The molecule has 2 fully saturated rings. The number of likely N-dealkylation sites (N-methyl/N-ethyl adjacent to an activating group) is 1. The normalized spacial score (nSPS) is 25.2. The average molecular weight is 428 g/mol. The molecule has 1 heterocycles. The number of aliphatic hydroxyl groups excluding tert-OH is 1. The molecule has 31 heavy (non-hydrogen) atoms. The van der Waals surface area contributed by atoms with Crippen LogP contribution in [0.25, 0.3) is 0 Å². The minimum atomic E-state index is -0.396. The predicted octanol–water partition coefficient (Wildman–Crippen LogP) is 4.92. The quantitative estimate of drug-likeness (QED) is 0.671. The number of rotatable bonds is 7. The van der Waals surface area contributed by atoms with E-state index in [9.17, 15) is 9.90 Å². The number of aliphatic hydroxyl groups is 1. The van der Waals surface area contributed by atoms with Crippen molar-refractivity contribution in [2.24, 2.45) is 11.8 Å². The Kier molecular flexibility index (Phi) is 7.67. The van der Waals surface area contributed by atoms with E-state index in [1.54, 1.807) is 0 Å². The number of carbonyl (C=O) groups excluding carboxylic acids is 1. The van der Waals surface area contributed by atoms with Crippen molar-refractivity contribution in [3.05, 3.63) is 47.2 Å². The van der Waals surface area contributed by atoms with Gasteiger partial charge in [0.1, 0.15) is 0 Å². The van der Waals surface area contributed by atoms with Crippen molar-refractivity contribution < 1.29 is 19.4 Å². The van der Waals surface area contributed by atoms with Gasteiger partial charge < -0.3 is 19.5 Å². The van der Waals surface area contributed by atoms with Gasteiger partial charge in [-0.25, -0.2) is 0 Å². The smallest absolute Gasteiger partial charge is 0.288 e. The van der Waals surface area contributed by atoms with Gasteiger partial charge >= 0.3 is 0 Å². The fraction of sp³-hybridized carbons (Fsp3) is 0.654. The largest absolute Gasteiger partial charge is 0.459 e. The molecule has 2 atom stereocenters. The van der Waals surface area contributed by atoms with Gasteiger partial charge in [-0.05, 0) is 54.7 Å². The van der Waals surface area contributed by atoms with E-state index in [-0.39, 0.29) is 12.5 Å². The van der Waals surface area contributed by atoms with Crippen LogP contribution in [0.3, 0.4) is 0 Å². The lowest BCUT2D eigenvalue weighted by molar-refractivity contribution is -0.161. The Balaban J connectivity index is 1.43. The van der Waals surface area contributed by atoms with Crippen molar-refractivity contribution in [2.75, 3.05) is 7.05 Å². The van der Waals surface area contributed by atoms with Crippen LogP contribution in [0.4, 0.5) is 0 Å². The van der Waals surface area contributed by atoms with Crippen LogP contribution in [0.5, 0.6) is 0 Å². The molecule has 0 aromatic heterocycles. The standard InChI is InChI=1S/C26H37NO4/c1-27(23-9-3-2-4-10-23)26(29)24-15-22(21-7-5-6-8-21)16-25(31-24)30-18-20-13-11-19(17-28)12-14-20/h11-15,21-23,25,28H,2-10,16-18H2,1H3/t22-,25+/m1/s1. The molecule has 5 nitrogen and oxygen atoms in total. The summed E-state index contributed by atoms with van der Waals surface area (Å²) < 4.78 is 12.3. The fourth-order valence-corrected chi connectivity index (χ4v) is 5.39. The molecule has 0 spiro atoms. The predicted molar refractivity (Wildman–Crippen MR) is 120 cm³/mol. The van der Waals surface area contributed by atoms with E-state index < -0.39 is 6.29 Å². The molecule has 2 saturated carbocycles. The summed E-state index contributed by atoms with van der Waals surface area (Å²) in [5.74, 6) is 1.46. The maximum absolute atomic E-state index is 13.3. The van der Waals surface area contributed by atoms with Crippen molar-refractivity contribution >= 4 is 5.91 Å². The Hall–Kier alpha value is -1.85. The molecule has 0 saturated heterocycles. The zero-order chi connectivity index (χ0) is 21.6. The third kappa shape index (κ3) is 5.69. The van der Waals surface area contributed by atoms with E-state index in [0.717, 1.165) is 30.4 Å². The monoisotopic (exact) mass is 427 g/mol. The Morgan fingerprint density at radius 2 is 1.68 bits per heavy atom. The zero-order valence-corrected chi connectivity index (χ0v) is 18.8. The molecular weight excluding hydrogens is 390 g/mol. The van der Waals surface area contributed by atoms with Gasteiger partial charge in [0.2, 0.25) is 6.29 Å². The second kappa shape index (κ2) is 10.6. The molecule has 1 aromatic carbocycles. The van der Waals surface area contributed by atoms with Crippen molar-refractivity contribution in [2.45, 2.75) is 89.8 Å². The second-order valence-electron chi connectivity index (χ2n) is 9.52. The van der Waals surface area contributed by atoms with E-state index >= 15 is 0 Å². The highest BCUT2D eigenvalue weighted by Crippen LogP contribution is 2.39. The van der Waals surface area contributed by atoms with E-state index in [4.69, 9.17) is 9.47 Å². The lowest BCUT2D eigenvalue weighted by Crippen LogP contribution is -2.41. The van der Waals surface area contributed by atoms with Crippen LogP contribution in [0.1, 0.15) is 75.3 Å². The summed E-state index contributed by atoms with van der Waals surface area (Å²) >= 11 is 0. The third-order valence-electron chi connectivity index (χ3n) is 7.39. The molecule has 0 unspecified atom stereocenters. The highest BCUT2D eigenvalue weighted by molar-refractivity contribution is 5.91. The summed E-state index contributed by atoms with van der Waals surface area (Å²) in [7, 11) is 1.93. The third-order valence-corrected chi connectivity index (χ3v) is 7.39. The number of amides is 1. The topological polar surface area (TPSA) is 59.0 Å². The maximum Gasteiger partial charge on any atom is 0.288 e. The summed E-state index contributed by atoms with van der Waals surface area (Å²) in [6.45, 7) is 0.481. The first kappa shape index (κ1) is 22.3. The van der Waals surface area contributed by atoms with Crippen LogP contribution >= 0.6 is 0 Å². The van der Waals surface area contributed by atoms with E-state index in [0.29, 0.717) is 30.2 Å². The molecule has 170 valence electrons. The van der Waals surface area contributed by atoms with Gasteiger partial charge in [-0.15, -0.1) is 0 Å². The van der Waals surface area contributed by atoms with Gasteiger partial charge in [0.15, 0.2) is 5.76 Å². The van der Waals surface area contributed by atoms with E-state index in [2.05, 4.69) is 6.08 Å². The highest BCUT2D eigenvalue weighted by Gasteiger charge is 2.35. The molecule has 2 aliphatic carbocycles. The minimum Gasteiger partial charge on any atom is -0.459 e. The van der Waals surface area contributed by atoms with Gasteiger partial charge in [-0.1, -0.05) is 56.4 Å². The average Bonchev–Trinajstić information content (AvgIpc) is 3.38. The van der Waals surface area contributed by atoms with Crippen LogP contribution in [0.2, 0.25) is 0 Å². The minimum absolute atomic E-state index is 0.00972. The summed E-state index contributed by atoms with van der Waals surface area (Å²) in [5, 5.41) is 9.22. The molecule has 1 aromatic rings. The van der Waals surface area contributed by atoms with Crippen molar-refractivity contribution in [3.8, 4) is 0 Å². The van der Waals surface area contributed by atoms with Gasteiger partial charge in [-0.2, -0.15) is 0 Å². The summed E-state index contributed by atoms with van der Waals surface area (Å²) in [5.41, 5.74) is 1.93. The lowest BCUT2D eigenvalue weighted by Gasteiger charge is -2.35. The molecular formula is C26H37NO4. The molecule has 5 heteroatoms. The Morgan fingerprint density at radius 1 is 1.03 bits per heavy atom. The van der Waals surface area contributed by atoms with E-state index in [1.165, 1.54) is 44.9 Å². The number of hydrogen-bond acceptors (Lipinski definition) is 4. The SMILES string of the molecule is CN(C(=O)C1=C[C@@H](C2CCCC2)C[C@@H](OCc2ccc(CO)cc2)O1)C1CCCCC1. The first-order chi connectivity index (χ1) is 15.1. The molecule has 4 rings (SSSR count). The second-order valence-corrected chi connectivity index (χ2v) is 9.52. The Bertz CT molecular complexity index is 747. The fourth-order valence-electron chi connectivity index (χ4n) is 5.39. The van der Waals surface area contributed by atoms with Crippen LogP contribution < -0.4 is 0 Å². The molecule has 1 aliphatic heterocycles. The first-order valence-electron chi connectivity index (χ1n) is 12.1. The van der Waals surface area contributed by atoms with Crippen molar-refractivity contribution in [1.82, 2.24) is 4.90 Å². The number of carbonyl (C=O) groups is 1. The highest BCUT2D eigenvalue weighted by atomic mass is 16.7. The number of nitrogens with zero attached hydrogens (tertiary/aromatic N) is 1. The molecule has 1 N–H and O–H groups in total. The number of benzene rings is 1. The van der Waals surface area contributed by atoms with Crippen molar-refractivity contribution in [1.29, 1.82) is 0 Å². The Morgan fingerprint density at radius 3 is 2.35 bits per heavy atom. The van der Waals surface area contributed by atoms with Crippen molar-refractivity contribution in [3.63, 3.8) is 0 Å². The van der Waals surface area contributed by atoms with Crippen LogP contribution in [-0.4, -0.2) is 35.3 Å².